The number of pyridine rings is 1. The average molecular weight is 473 g/mol. The molecule has 1 aromatic heterocycles. The van der Waals surface area contributed by atoms with Crippen molar-refractivity contribution < 1.29 is 4.39 Å². The third kappa shape index (κ3) is 5.82. The monoisotopic (exact) mass is 473 g/mol. The minimum Gasteiger partial charge on any atom is -0.356 e. The van der Waals surface area contributed by atoms with E-state index in [9.17, 15) is 4.39 Å². The van der Waals surface area contributed by atoms with Crippen LogP contribution in [0.4, 0.5) is 10.2 Å². The van der Waals surface area contributed by atoms with Gasteiger partial charge in [0.2, 0.25) is 0 Å². The molecule has 0 amide bonds. The van der Waals surface area contributed by atoms with E-state index in [0.717, 1.165) is 38.4 Å². The highest BCUT2D eigenvalue weighted by molar-refractivity contribution is 14.0. The number of aliphatic imine (C=N–C) groups is 1. The molecule has 0 spiro atoms. The summed E-state index contributed by atoms with van der Waals surface area (Å²) in [5.41, 5.74) is 1.56. The molecule has 1 aliphatic heterocycles. The van der Waals surface area contributed by atoms with Crippen molar-refractivity contribution in [2.24, 2.45) is 4.99 Å². The van der Waals surface area contributed by atoms with E-state index in [-0.39, 0.29) is 35.8 Å². The Hall–Kier alpha value is -1.38. The standard InChI is InChI=1S/C19H28FN5.HI/c1-21-19(23-12-9-15-6-3-2-4-7-15)24-16-10-13-25(14-16)18-17(20)8-5-11-22-18;/h5-6,8,11,16H,2-4,7,9-10,12-14H2,1H3,(H2,21,23,24);1H. The molecule has 0 radical (unpaired) electrons. The van der Waals surface area contributed by atoms with E-state index < -0.39 is 0 Å². The molecule has 1 aliphatic carbocycles. The first kappa shape index (κ1) is 20.9. The van der Waals surface area contributed by atoms with Crippen LogP contribution < -0.4 is 15.5 Å². The van der Waals surface area contributed by atoms with Gasteiger partial charge < -0.3 is 15.5 Å². The van der Waals surface area contributed by atoms with Crippen LogP contribution in [-0.2, 0) is 0 Å². The van der Waals surface area contributed by atoms with Gasteiger partial charge in [0.1, 0.15) is 0 Å². The molecule has 2 heterocycles. The van der Waals surface area contributed by atoms with Gasteiger partial charge in [0, 0.05) is 38.9 Å². The lowest BCUT2D eigenvalue weighted by atomic mass is 9.97. The Bertz CT molecular complexity index is 634. The fourth-order valence-electron chi connectivity index (χ4n) is 3.54. The lowest BCUT2D eigenvalue weighted by Gasteiger charge is -2.20. The quantitative estimate of drug-likeness (QED) is 0.298. The van der Waals surface area contributed by atoms with Gasteiger partial charge in [-0.3, -0.25) is 4.99 Å². The summed E-state index contributed by atoms with van der Waals surface area (Å²) in [6, 6.07) is 3.34. The van der Waals surface area contributed by atoms with Crippen LogP contribution in [0.25, 0.3) is 0 Å². The number of hydrogen-bond donors (Lipinski definition) is 2. The van der Waals surface area contributed by atoms with Crippen molar-refractivity contribution in [3.63, 3.8) is 0 Å². The first-order valence-corrected chi connectivity index (χ1v) is 9.27. The minimum absolute atomic E-state index is 0. The Kier molecular flexibility index (Phi) is 8.61. The summed E-state index contributed by atoms with van der Waals surface area (Å²) in [6.07, 6.45) is 11.2. The number of hydrogen-bond acceptors (Lipinski definition) is 3. The van der Waals surface area contributed by atoms with Gasteiger partial charge in [-0.25, -0.2) is 9.37 Å². The number of rotatable bonds is 5. The fraction of sp³-hybridized carbons (Fsp3) is 0.579. The SMILES string of the molecule is CN=C(NCCC1=CCCCC1)NC1CCN(c2ncccc2F)C1.I. The molecule has 1 saturated heterocycles. The van der Waals surface area contributed by atoms with Crippen LogP contribution in [0.1, 0.15) is 38.5 Å². The summed E-state index contributed by atoms with van der Waals surface area (Å²) in [7, 11) is 1.79. The average Bonchev–Trinajstić information content (AvgIpc) is 3.10. The van der Waals surface area contributed by atoms with Gasteiger partial charge in [-0.05, 0) is 50.7 Å². The molecule has 1 atom stereocenters. The van der Waals surface area contributed by atoms with Crippen molar-refractivity contribution in [3.05, 3.63) is 35.8 Å². The highest BCUT2D eigenvalue weighted by Crippen LogP contribution is 2.21. The van der Waals surface area contributed by atoms with Crippen LogP contribution in [0, 0.1) is 5.82 Å². The van der Waals surface area contributed by atoms with Crippen LogP contribution in [0.3, 0.4) is 0 Å². The van der Waals surface area contributed by atoms with E-state index in [0.29, 0.717) is 5.82 Å². The third-order valence-corrected chi connectivity index (χ3v) is 4.91. The third-order valence-electron chi connectivity index (χ3n) is 4.91. The highest BCUT2D eigenvalue weighted by Gasteiger charge is 2.25. The first-order valence-electron chi connectivity index (χ1n) is 9.27. The smallest absolute Gasteiger partial charge is 0.191 e. The number of halogens is 2. The van der Waals surface area contributed by atoms with E-state index in [1.807, 2.05) is 4.90 Å². The van der Waals surface area contributed by atoms with Crippen molar-refractivity contribution in [2.75, 3.05) is 31.6 Å². The molecular weight excluding hydrogens is 444 g/mol. The summed E-state index contributed by atoms with van der Waals surface area (Å²) in [5, 5.41) is 6.85. The minimum atomic E-state index is -0.258. The maximum atomic E-state index is 13.9. The highest BCUT2D eigenvalue weighted by atomic mass is 127. The fourth-order valence-corrected chi connectivity index (χ4v) is 3.54. The first-order chi connectivity index (χ1) is 12.3. The molecule has 1 fully saturated rings. The molecule has 2 N–H and O–H groups in total. The molecule has 1 unspecified atom stereocenters. The number of aromatic nitrogens is 1. The number of anilines is 1. The molecule has 0 bridgehead atoms. The molecule has 7 heteroatoms. The summed E-state index contributed by atoms with van der Waals surface area (Å²) >= 11 is 0. The topological polar surface area (TPSA) is 52.6 Å². The van der Waals surface area contributed by atoms with Crippen molar-refractivity contribution in [1.82, 2.24) is 15.6 Å². The zero-order chi connectivity index (χ0) is 17.5. The molecule has 0 aromatic carbocycles. The van der Waals surface area contributed by atoms with Gasteiger partial charge >= 0.3 is 0 Å². The van der Waals surface area contributed by atoms with Crippen LogP contribution >= 0.6 is 24.0 Å². The maximum Gasteiger partial charge on any atom is 0.191 e. The summed E-state index contributed by atoms with van der Waals surface area (Å²) < 4.78 is 13.9. The Labute approximate surface area is 172 Å². The molecule has 5 nitrogen and oxygen atoms in total. The van der Waals surface area contributed by atoms with Gasteiger partial charge in [-0.15, -0.1) is 24.0 Å². The molecular formula is C19H29FIN5. The number of allylic oxidation sites excluding steroid dienone is 1. The van der Waals surface area contributed by atoms with E-state index in [4.69, 9.17) is 0 Å². The van der Waals surface area contributed by atoms with Crippen molar-refractivity contribution in [2.45, 2.75) is 44.6 Å². The zero-order valence-corrected chi connectivity index (χ0v) is 17.7. The van der Waals surface area contributed by atoms with Gasteiger partial charge in [0.05, 0.1) is 0 Å². The maximum absolute atomic E-state index is 13.9. The normalized spacial score (nSPS) is 20.4. The van der Waals surface area contributed by atoms with Gasteiger partial charge in [-0.2, -0.15) is 0 Å². The molecule has 0 saturated carbocycles. The molecule has 144 valence electrons. The molecule has 1 aromatic rings. The molecule has 2 aliphatic rings. The van der Waals surface area contributed by atoms with Crippen LogP contribution in [0.2, 0.25) is 0 Å². The van der Waals surface area contributed by atoms with Gasteiger partial charge in [0.25, 0.3) is 0 Å². The van der Waals surface area contributed by atoms with E-state index >= 15 is 0 Å². The Balaban J connectivity index is 0.00000243. The number of nitrogens with zero attached hydrogens (tertiary/aromatic N) is 3. The second kappa shape index (κ2) is 10.7. The Morgan fingerprint density at radius 2 is 2.31 bits per heavy atom. The van der Waals surface area contributed by atoms with Crippen LogP contribution in [-0.4, -0.2) is 43.7 Å². The van der Waals surface area contributed by atoms with Crippen molar-refractivity contribution in [1.29, 1.82) is 0 Å². The van der Waals surface area contributed by atoms with Crippen molar-refractivity contribution in [3.8, 4) is 0 Å². The van der Waals surface area contributed by atoms with E-state index in [1.54, 1.807) is 24.9 Å². The number of nitrogens with one attached hydrogen (secondary N) is 2. The second-order valence-corrected chi connectivity index (χ2v) is 6.74. The Morgan fingerprint density at radius 3 is 3.04 bits per heavy atom. The second-order valence-electron chi connectivity index (χ2n) is 6.74. The van der Waals surface area contributed by atoms with Crippen LogP contribution in [0.5, 0.6) is 0 Å². The molecule has 3 rings (SSSR count). The summed E-state index contributed by atoms with van der Waals surface area (Å²) in [5.74, 6) is 1.01. The van der Waals surface area contributed by atoms with Crippen molar-refractivity contribution >= 4 is 35.8 Å². The predicted octanol–water partition coefficient (Wildman–Crippen LogP) is 3.47. The van der Waals surface area contributed by atoms with Crippen LogP contribution in [0.15, 0.2) is 35.0 Å². The van der Waals surface area contributed by atoms with Gasteiger partial charge in [0.15, 0.2) is 17.6 Å². The lowest BCUT2D eigenvalue weighted by molar-refractivity contribution is 0.612. The summed E-state index contributed by atoms with van der Waals surface area (Å²) in [4.78, 5) is 10.5. The van der Waals surface area contributed by atoms with Gasteiger partial charge in [-0.1, -0.05) is 11.6 Å². The largest absolute Gasteiger partial charge is 0.356 e. The zero-order valence-electron chi connectivity index (χ0n) is 15.4. The van der Waals surface area contributed by atoms with E-state index in [2.05, 4.69) is 26.7 Å². The predicted molar refractivity (Wildman–Crippen MR) is 116 cm³/mol. The van der Waals surface area contributed by atoms with E-state index in [1.165, 1.54) is 31.7 Å². The Morgan fingerprint density at radius 1 is 1.42 bits per heavy atom. The summed E-state index contributed by atoms with van der Waals surface area (Å²) in [6.45, 7) is 2.44. The number of guanidine groups is 1. The molecule has 26 heavy (non-hydrogen) atoms. The lowest BCUT2D eigenvalue weighted by Crippen LogP contribution is -2.45.